The highest BCUT2D eigenvalue weighted by molar-refractivity contribution is 6.11. The molecule has 5 nitrogen and oxygen atoms in total. The Labute approximate surface area is 318 Å². The molecule has 0 saturated carbocycles. The van der Waals surface area contributed by atoms with Crippen LogP contribution in [0.15, 0.2) is 200 Å². The van der Waals surface area contributed by atoms with Gasteiger partial charge in [0.05, 0.1) is 16.7 Å². The minimum atomic E-state index is 0.592. The second-order valence-corrected chi connectivity index (χ2v) is 13.5. The Morgan fingerprint density at radius 1 is 0.327 bits per heavy atom. The number of benzene rings is 7. The van der Waals surface area contributed by atoms with Gasteiger partial charge in [0.25, 0.3) is 0 Å². The zero-order chi connectivity index (χ0) is 36.6. The van der Waals surface area contributed by atoms with Crippen molar-refractivity contribution in [3.8, 4) is 73.2 Å². The van der Waals surface area contributed by atoms with E-state index in [0.717, 1.165) is 77.6 Å². The Morgan fingerprint density at radius 3 is 1.25 bits per heavy atom. The summed E-state index contributed by atoms with van der Waals surface area (Å²) in [5, 5.41) is 2.33. The van der Waals surface area contributed by atoms with Crippen molar-refractivity contribution in [2.45, 2.75) is 0 Å². The second kappa shape index (κ2) is 13.8. The molecule has 0 N–H and O–H groups in total. The third kappa shape index (κ3) is 6.04. The predicted octanol–water partition coefficient (Wildman–Crippen LogP) is 12.4. The SMILES string of the molecule is c1ccc(-c2ccc3c4ccc(-c5ccccc5)cc4n(-c4cc(-c5cccnc5)ccc4-c4nc(-c5ccccc5)nc(-c5ccccc5)n4)c3c2)cc1. The Bertz CT molecular complexity index is 2790. The normalized spacial score (nSPS) is 11.3. The zero-order valence-electron chi connectivity index (χ0n) is 29.8. The fraction of sp³-hybridized carbons (Fsp3) is 0. The van der Waals surface area contributed by atoms with Crippen LogP contribution in [0.3, 0.4) is 0 Å². The van der Waals surface area contributed by atoms with Crippen molar-refractivity contribution in [1.82, 2.24) is 24.5 Å². The van der Waals surface area contributed by atoms with E-state index in [1.807, 2.05) is 79.1 Å². The lowest BCUT2D eigenvalue weighted by Crippen LogP contribution is -2.04. The van der Waals surface area contributed by atoms with Crippen LogP contribution < -0.4 is 0 Å². The molecular weight excluding hydrogens is 671 g/mol. The Kier molecular flexibility index (Phi) is 8.08. The average Bonchev–Trinajstić information content (AvgIpc) is 3.60. The molecule has 0 amide bonds. The van der Waals surface area contributed by atoms with Gasteiger partial charge in [-0.25, -0.2) is 15.0 Å². The molecule has 55 heavy (non-hydrogen) atoms. The molecule has 7 aromatic carbocycles. The molecule has 10 rings (SSSR count). The molecule has 0 radical (unpaired) electrons. The van der Waals surface area contributed by atoms with Crippen LogP contribution in [0, 0.1) is 0 Å². The maximum Gasteiger partial charge on any atom is 0.166 e. The van der Waals surface area contributed by atoms with Gasteiger partial charge >= 0.3 is 0 Å². The number of hydrogen-bond acceptors (Lipinski definition) is 4. The molecule has 0 aliphatic carbocycles. The zero-order valence-corrected chi connectivity index (χ0v) is 29.8. The summed E-state index contributed by atoms with van der Waals surface area (Å²) in [6.45, 7) is 0. The summed E-state index contributed by atoms with van der Waals surface area (Å²) in [6.07, 6.45) is 3.72. The van der Waals surface area contributed by atoms with Crippen LogP contribution in [-0.2, 0) is 0 Å². The van der Waals surface area contributed by atoms with Crippen LogP contribution in [0.4, 0.5) is 0 Å². The highest BCUT2D eigenvalue weighted by atomic mass is 15.1. The first-order valence-corrected chi connectivity index (χ1v) is 18.4. The first kappa shape index (κ1) is 32.2. The van der Waals surface area contributed by atoms with Gasteiger partial charge in [0.15, 0.2) is 17.5 Å². The number of pyridine rings is 1. The van der Waals surface area contributed by atoms with Gasteiger partial charge in [0, 0.05) is 45.4 Å². The number of rotatable bonds is 7. The average molecular weight is 704 g/mol. The van der Waals surface area contributed by atoms with E-state index in [-0.39, 0.29) is 0 Å². The lowest BCUT2D eigenvalue weighted by molar-refractivity contribution is 1.06. The van der Waals surface area contributed by atoms with Crippen LogP contribution in [0.1, 0.15) is 0 Å². The number of hydrogen-bond donors (Lipinski definition) is 0. The van der Waals surface area contributed by atoms with E-state index < -0.39 is 0 Å². The lowest BCUT2D eigenvalue weighted by Gasteiger charge is -2.17. The fourth-order valence-electron chi connectivity index (χ4n) is 7.45. The summed E-state index contributed by atoms with van der Waals surface area (Å²) >= 11 is 0. The molecule has 258 valence electrons. The molecule has 0 aliphatic rings. The van der Waals surface area contributed by atoms with Crippen molar-refractivity contribution in [2.75, 3.05) is 0 Å². The molecular formula is C50H33N5. The summed E-state index contributed by atoms with van der Waals surface area (Å²) < 4.78 is 2.40. The van der Waals surface area contributed by atoms with Crippen molar-refractivity contribution < 1.29 is 0 Å². The quantitative estimate of drug-likeness (QED) is 0.166. The first-order valence-electron chi connectivity index (χ1n) is 18.4. The van der Waals surface area contributed by atoms with Crippen LogP contribution in [0.5, 0.6) is 0 Å². The maximum atomic E-state index is 5.21. The van der Waals surface area contributed by atoms with Crippen molar-refractivity contribution in [3.63, 3.8) is 0 Å². The van der Waals surface area contributed by atoms with Gasteiger partial charge in [-0.2, -0.15) is 0 Å². The van der Waals surface area contributed by atoms with Gasteiger partial charge in [-0.1, -0.05) is 158 Å². The van der Waals surface area contributed by atoms with E-state index in [1.165, 1.54) is 0 Å². The van der Waals surface area contributed by atoms with Crippen molar-refractivity contribution in [1.29, 1.82) is 0 Å². The molecule has 0 saturated heterocycles. The Hall–Kier alpha value is -7.50. The molecule has 3 aromatic heterocycles. The summed E-state index contributed by atoms with van der Waals surface area (Å²) in [6, 6.07) is 65.6. The molecule has 5 heteroatoms. The van der Waals surface area contributed by atoms with E-state index in [4.69, 9.17) is 15.0 Å². The number of aromatic nitrogens is 5. The smallest absolute Gasteiger partial charge is 0.166 e. The van der Waals surface area contributed by atoms with E-state index in [2.05, 4.69) is 131 Å². The van der Waals surface area contributed by atoms with Gasteiger partial charge in [-0.05, 0) is 58.1 Å². The van der Waals surface area contributed by atoms with E-state index in [1.54, 1.807) is 0 Å². The Morgan fingerprint density at radius 2 is 0.764 bits per heavy atom. The second-order valence-electron chi connectivity index (χ2n) is 13.5. The molecule has 0 atom stereocenters. The van der Waals surface area contributed by atoms with Gasteiger partial charge < -0.3 is 4.57 Å². The van der Waals surface area contributed by atoms with Crippen molar-refractivity contribution in [3.05, 3.63) is 200 Å². The van der Waals surface area contributed by atoms with Crippen LogP contribution >= 0.6 is 0 Å². The highest BCUT2D eigenvalue weighted by Gasteiger charge is 2.21. The number of nitrogens with zero attached hydrogens (tertiary/aromatic N) is 5. The molecule has 10 aromatic rings. The summed E-state index contributed by atoms with van der Waals surface area (Å²) in [7, 11) is 0. The Balaban J connectivity index is 1.31. The summed E-state index contributed by atoms with van der Waals surface area (Å²) in [5.74, 6) is 1.83. The third-order valence-corrected chi connectivity index (χ3v) is 10.2. The molecule has 0 unspecified atom stereocenters. The van der Waals surface area contributed by atoms with E-state index in [9.17, 15) is 0 Å². The predicted molar refractivity (Wildman–Crippen MR) is 225 cm³/mol. The molecule has 0 bridgehead atoms. The molecule has 0 spiro atoms. The van der Waals surface area contributed by atoms with Crippen LogP contribution in [0.2, 0.25) is 0 Å². The maximum absolute atomic E-state index is 5.21. The van der Waals surface area contributed by atoms with Crippen molar-refractivity contribution >= 4 is 21.8 Å². The topological polar surface area (TPSA) is 56.5 Å². The van der Waals surface area contributed by atoms with Gasteiger partial charge in [0.2, 0.25) is 0 Å². The molecule has 0 aliphatic heterocycles. The van der Waals surface area contributed by atoms with E-state index >= 15 is 0 Å². The minimum Gasteiger partial charge on any atom is -0.308 e. The van der Waals surface area contributed by atoms with Gasteiger partial charge in [0.1, 0.15) is 0 Å². The summed E-state index contributed by atoms with van der Waals surface area (Å²) in [4.78, 5) is 19.9. The highest BCUT2D eigenvalue weighted by Crippen LogP contribution is 2.41. The lowest BCUT2D eigenvalue weighted by atomic mass is 10.0. The first-order chi connectivity index (χ1) is 27.3. The van der Waals surface area contributed by atoms with Gasteiger partial charge in [-0.15, -0.1) is 0 Å². The van der Waals surface area contributed by atoms with Crippen LogP contribution in [0.25, 0.3) is 95.0 Å². The summed E-state index contributed by atoms with van der Waals surface area (Å²) in [5.41, 5.74) is 12.5. The van der Waals surface area contributed by atoms with Gasteiger partial charge in [-0.3, -0.25) is 4.98 Å². The van der Waals surface area contributed by atoms with E-state index in [0.29, 0.717) is 17.5 Å². The largest absolute Gasteiger partial charge is 0.308 e. The fourth-order valence-corrected chi connectivity index (χ4v) is 7.45. The van der Waals surface area contributed by atoms with Crippen molar-refractivity contribution in [2.24, 2.45) is 0 Å². The van der Waals surface area contributed by atoms with Crippen LogP contribution in [-0.4, -0.2) is 24.5 Å². The molecule has 3 heterocycles. The third-order valence-electron chi connectivity index (χ3n) is 10.2. The monoisotopic (exact) mass is 703 g/mol. The minimum absolute atomic E-state index is 0.592. The standard InChI is InChI=1S/C50H33N5/c1-5-14-34(15-6-1)38-23-26-42-43-27-24-39(35-16-7-2-8-17-35)31-46(43)55(45(42)30-38)47-32-40(41-22-13-29-51-33-41)25-28-44(47)50-53-48(36-18-9-3-10-19-36)52-49(54-50)37-20-11-4-12-21-37/h1-33H. The molecule has 0 fully saturated rings. The number of fused-ring (bicyclic) bond motifs is 3.